The van der Waals surface area contributed by atoms with E-state index in [0.717, 1.165) is 0 Å². The minimum absolute atomic E-state index is 0.0551. The number of hydrogen-bond acceptors (Lipinski definition) is 6. The Kier molecular flexibility index (Phi) is 7.36. The minimum Gasteiger partial charge on any atom is -0.508 e. The molecular weight excluding hydrogens is 364 g/mol. The average Bonchev–Trinajstić information content (AvgIpc) is 2.63. The van der Waals surface area contributed by atoms with Gasteiger partial charge >= 0.3 is 11.9 Å². The van der Waals surface area contributed by atoms with Crippen LogP contribution in [-0.4, -0.2) is 57.5 Å². The van der Waals surface area contributed by atoms with Gasteiger partial charge in [-0.25, -0.2) is 0 Å². The van der Waals surface area contributed by atoms with Crippen LogP contribution in [0.25, 0.3) is 0 Å². The van der Waals surface area contributed by atoms with E-state index in [2.05, 4.69) is 10.6 Å². The standard InChI is InChI=1S/C20H24N2O6/c23-16-7-3-1-5-14(16)9-20(22-12-19(27)28,13-21-11-18(25)26)10-15-6-2-4-8-17(15)24/h1-8,21-24H,9-13H2,(H,25,26)(H,27,28). The van der Waals surface area contributed by atoms with Gasteiger partial charge in [0, 0.05) is 12.1 Å². The summed E-state index contributed by atoms with van der Waals surface area (Å²) < 4.78 is 0. The van der Waals surface area contributed by atoms with Gasteiger partial charge in [0.25, 0.3) is 0 Å². The Hall–Kier alpha value is -3.10. The first-order chi connectivity index (χ1) is 13.3. The Balaban J connectivity index is 2.39. The third-order valence-electron chi connectivity index (χ3n) is 4.40. The molecule has 8 heteroatoms. The molecule has 2 aromatic carbocycles. The monoisotopic (exact) mass is 388 g/mol. The summed E-state index contributed by atoms with van der Waals surface area (Å²) in [4.78, 5) is 22.1. The summed E-state index contributed by atoms with van der Waals surface area (Å²) in [5.74, 6) is -2.01. The zero-order chi connectivity index (χ0) is 20.6. The van der Waals surface area contributed by atoms with Gasteiger partial charge in [-0.2, -0.15) is 0 Å². The molecule has 150 valence electrons. The molecule has 0 bridgehead atoms. The van der Waals surface area contributed by atoms with E-state index >= 15 is 0 Å². The molecule has 0 saturated carbocycles. The number of aromatic hydroxyl groups is 2. The van der Waals surface area contributed by atoms with Crippen molar-refractivity contribution in [1.29, 1.82) is 0 Å². The minimum atomic E-state index is -1.07. The molecule has 0 amide bonds. The Morgan fingerprint density at radius 1 is 0.786 bits per heavy atom. The largest absolute Gasteiger partial charge is 0.508 e. The molecule has 0 aliphatic carbocycles. The lowest BCUT2D eigenvalue weighted by molar-refractivity contribution is -0.137. The van der Waals surface area contributed by atoms with Gasteiger partial charge in [-0.3, -0.25) is 14.9 Å². The number of para-hydroxylation sites is 2. The van der Waals surface area contributed by atoms with Crippen LogP contribution >= 0.6 is 0 Å². The van der Waals surface area contributed by atoms with E-state index in [1.807, 2.05) is 0 Å². The second-order valence-electron chi connectivity index (χ2n) is 6.64. The Morgan fingerprint density at radius 3 is 1.68 bits per heavy atom. The summed E-state index contributed by atoms with van der Waals surface area (Å²) in [6.45, 7) is -0.566. The van der Waals surface area contributed by atoms with Crippen molar-refractivity contribution >= 4 is 11.9 Å². The highest BCUT2D eigenvalue weighted by atomic mass is 16.4. The van der Waals surface area contributed by atoms with Gasteiger partial charge < -0.3 is 25.7 Å². The van der Waals surface area contributed by atoms with Crippen molar-refractivity contribution in [2.24, 2.45) is 0 Å². The van der Waals surface area contributed by atoms with Crippen molar-refractivity contribution in [3.05, 3.63) is 59.7 Å². The number of rotatable bonds is 11. The SMILES string of the molecule is O=C(O)CNCC(Cc1ccccc1O)(Cc1ccccc1O)NCC(=O)O. The molecular formula is C20H24N2O6. The molecule has 0 atom stereocenters. The highest BCUT2D eigenvalue weighted by Crippen LogP contribution is 2.27. The fourth-order valence-corrected chi connectivity index (χ4v) is 3.10. The van der Waals surface area contributed by atoms with Gasteiger partial charge in [0.2, 0.25) is 0 Å². The number of carboxylic acid groups (broad SMARTS) is 2. The normalized spacial score (nSPS) is 11.3. The van der Waals surface area contributed by atoms with Gasteiger partial charge in [-0.15, -0.1) is 0 Å². The summed E-state index contributed by atoms with van der Waals surface area (Å²) in [5, 5.41) is 44.2. The first-order valence-corrected chi connectivity index (χ1v) is 8.74. The molecule has 0 unspecified atom stereocenters. The number of nitrogens with one attached hydrogen (secondary N) is 2. The molecule has 2 rings (SSSR count). The first kappa shape index (κ1) is 21.2. The van der Waals surface area contributed by atoms with Crippen LogP contribution in [0.15, 0.2) is 48.5 Å². The Bertz CT molecular complexity index is 776. The third kappa shape index (κ3) is 6.26. The molecule has 28 heavy (non-hydrogen) atoms. The molecule has 0 spiro atoms. The fourth-order valence-electron chi connectivity index (χ4n) is 3.10. The second-order valence-corrected chi connectivity index (χ2v) is 6.64. The van der Waals surface area contributed by atoms with E-state index in [9.17, 15) is 19.8 Å². The third-order valence-corrected chi connectivity index (χ3v) is 4.40. The number of benzene rings is 2. The lowest BCUT2D eigenvalue weighted by atomic mass is 9.83. The quantitative estimate of drug-likeness (QED) is 0.335. The van der Waals surface area contributed by atoms with E-state index < -0.39 is 17.5 Å². The maximum Gasteiger partial charge on any atom is 0.317 e. The molecule has 0 aliphatic rings. The summed E-state index contributed by atoms with van der Waals surface area (Å²) in [5.41, 5.74) is 0.187. The summed E-state index contributed by atoms with van der Waals surface area (Å²) >= 11 is 0. The van der Waals surface area contributed by atoms with Gasteiger partial charge in [0.05, 0.1) is 13.1 Å². The van der Waals surface area contributed by atoms with Crippen molar-refractivity contribution < 1.29 is 30.0 Å². The van der Waals surface area contributed by atoms with E-state index in [0.29, 0.717) is 11.1 Å². The van der Waals surface area contributed by atoms with Gasteiger partial charge in [-0.05, 0) is 36.1 Å². The molecule has 0 fully saturated rings. The van der Waals surface area contributed by atoms with Gasteiger partial charge in [0.15, 0.2) is 0 Å². The van der Waals surface area contributed by atoms with E-state index in [1.165, 1.54) is 12.1 Å². The Labute approximate surface area is 162 Å². The number of phenolic OH excluding ortho intramolecular Hbond substituents is 2. The van der Waals surface area contributed by atoms with Crippen LogP contribution in [0.3, 0.4) is 0 Å². The van der Waals surface area contributed by atoms with Crippen LogP contribution < -0.4 is 10.6 Å². The molecule has 0 aliphatic heterocycles. The summed E-state index contributed by atoms with van der Waals surface area (Å²) in [7, 11) is 0. The van der Waals surface area contributed by atoms with Crippen LogP contribution in [0, 0.1) is 0 Å². The van der Waals surface area contributed by atoms with Crippen LogP contribution in [0.2, 0.25) is 0 Å². The molecule has 0 radical (unpaired) electrons. The number of hydrogen-bond donors (Lipinski definition) is 6. The molecule has 2 aromatic rings. The molecule has 8 nitrogen and oxygen atoms in total. The number of phenols is 2. The topological polar surface area (TPSA) is 139 Å². The smallest absolute Gasteiger partial charge is 0.317 e. The van der Waals surface area contributed by atoms with E-state index in [4.69, 9.17) is 10.2 Å². The highest BCUT2D eigenvalue weighted by Gasteiger charge is 2.32. The zero-order valence-corrected chi connectivity index (χ0v) is 15.3. The van der Waals surface area contributed by atoms with Crippen molar-refractivity contribution in [3.8, 4) is 11.5 Å². The summed E-state index contributed by atoms with van der Waals surface area (Å²) in [6.07, 6.45) is 0.432. The van der Waals surface area contributed by atoms with Gasteiger partial charge in [-0.1, -0.05) is 36.4 Å². The average molecular weight is 388 g/mol. The second kappa shape index (κ2) is 9.72. The number of carboxylic acids is 2. The van der Waals surface area contributed by atoms with Crippen molar-refractivity contribution in [2.75, 3.05) is 19.6 Å². The van der Waals surface area contributed by atoms with Crippen molar-refractivity contribution in [1.82, 2.24) is 10.6 Å². The molecule has 0 heterocycles. The first-order valence-electron chi connectivity index (χ1n) is 8.74. The van der Waals surface area contributed by atoms with Crippen LogP contribution in [-0.2, 0) is 22.4 Å². The van der Waals surface area contributed by atoms with Crippen LogP contribution in [0.1, 0.15) is 11.1 Å². The van der Waals surface area contributed by atoms with Crippen LogP contribution in [0.4, 0.5) is 0 Å². The highest BCUT2D eigenvalue weighted by molar-refractivity contribution is 5.69. The number of aliphatic carboxylic acids is 2. The van der Waals surface area contributed by atoms with Gasteiger partial charge in [0.1, 0.15) is 11.5 Å². The predicted molar refractivity (Wildman–Crippen MR) is 102 cm³/mol. The maximum absolute atomic E-state index is 11.2. The lowest BCUT2D eigenvalue weighted by Gasteiger charge is -2.36. The maximum atomic E-state index is 11.2. The van der Waals surface area contributed by atoms with Crippen LogP contribution in [0.5, 0.6) is 11.5 Å². The molecule has 0 saturated heterocycles. The lowest BCUT2D eigenvalue weighted by Crippen LogP contribution is -2.57. The number of carbonyl (C=O) groups is 2. The van der Waals surface area contributed by atoms with E-state index in [-0.39, 0.29) is 44.0 Å². The van der Waals surface area contributed by atoms with E-state index in [1.54, 1.807) is 36.4 Å². The van der Waals surface area contributed by atoms with Crippen molar-refractivity contribution in [3.63, 3.8) is 0 Å². The zero-order valence-electron chi connectivity index (χ0n) is 15.3. The fraction of sp³-hybridized carbons (Fsp3) is 0.300. The predicted octanol–water partition coefficient (Wildman–Crippen LogP) is 0.970. The van der Waals surface area contributed by atoms with Crippen molar-refractivity contribution in [2.45, 2.75) is 18.4 Å². The molecule has 0 aromatic heterocycles. The molecule has 6 N–H and O–H groups in total. The Morgan fingerprint density at radius 2 is 1.25 bits per heavy atom. The summed E-state index contributed by atoms with van der Waals surface area (Å²) in [6, 6.07) is 13.4.